The lowest BCUT2D eigenvalue weighted by molar-refractivity contribution is 0.415. The van der Waals surface area contributed by atoms with Gasteiger partial charge in [0.2, 0.25) is 0 Å². The number of ether oxygens (including phenoxy) is 1. The zero-order valence-corrected chi connectivity index (χ0v) is 7.14. The first-order chi connectivity index (χ1) is 5.24. The molecular weight excluding hydrogens is 136 g/mol. The summed E-state index contributed by atoms with van der Waals surface area (Å²) >= 11 is 0. The molecule has 1 nitrogen and oxygen atoms in total. The molecule has 0 aliphatic rings. The van der Waals surface area contributed by atoms with Crippen molar-refractivity contribution in [1.29, 1.82) is 0 Å². The van der Waals surface area contributed by atoms with Gasteiger partial charge in [0.05, 0.1) is 7.11 Å². The first-order valence-electron chi connectivity index (χ1n) is 3.72. The molecule has 0 radical (unpaired) electrons. The summed E-state index contributed by atoms with van der Waals surface area (Å²) < 4.78 is 4.96. The van der Waals surface area contributed by atoms with Crippen LogP contribution in [0.5, 0.6) is 5.75 Å². The molecule has 0 saturated heterocycles. The minimum absolute atomic E-state index is 0.511. The van der Waals surface area contributed by atoms with Crippen LogP contribution in [0.15, 0.2) is 12.1 Å². The first kappa shape index (κ1) is 7.94. The molecule has 1 rings (SSSR count). The third-order valence-corrected chi connectivity index (χ3v) is 1.59. The quantitative estimate of drug-likeness (QED) is 0.625. The fourth-order valence-electron chi connectivity index (χ4n) is 0.838. The standard InChI is InChI=1S/C10H12O/c1-8(2)9-4-6-10(11-3)7-5-9/h4,6,8H,1-3H3. The first-order valence-corrected chi connectivity index (χ1v) is 3.72. The van der Waals surface area contributed by atoms with E-state index in [1.54, 1.807) is 7.11 Å². The van der Waals surface area contributed by atoms with Gasteiger partial charge >= 0.3 is 0 Å². The zero-order valence-electron chi connectivity index (χ0n) is 7.14. The zero-order chi connectivity index (χ0) is 8.27. The summed E-state index contributed by atoms with van der Waals surface area (Å²) in [6.07, 6.45) is 0. The van der Waals surface area contributed by atoms with E-state index in [4.69, 9.17) is 4.74 Å². The summed E-state index contributed by atoms with van der Waals surface area (Å²) in [5.41, 5.74) is 1.17. The van der Waals surface area contributed by atoms with Gasteiger partial charge in [0.25, 0.3) is 0 Å². The van der Waals surface area contributed by atoms with Gasteiger partial charge < -0.3 is 4.74 Å². The van der Waals surface area contributed by atoms with Gasteiger partial charge in [0.1, 0.15) is 0 Å². The fourth-order valence-corrected chi connectivity index (χ4v) is 0.838. The van der Waals surface area contributed by atoms with Gasteiger partial charge in [-0.3, -0.25) is 0 Å². The Balaban J connectivity index is 2.83. The fraction of sp³-hybridized carbons (Fsp3) is 0.400. The van der Waals surface area contributed by atoms with Crippen molar-refractivity contribution in [3.8, 4) is 5.75 Å². The van der Waals surface area contributed by atoms with E-state index in [0.717, 1.165) is 5.75 Å². The monoisotopic (exact) mass is 148 g/mol. The second-order valence-electron chi connectivity index (χ2n) is 2.76. The Morgan fingerprint density at radius 2 is 2.00 bits per heavy atom. The Bertz CT molecular complexity index is 211. The molecule has 0 aliphatic carbocycles. The largest absolute Gasteiger partial charge is 0.489 e. The van der Waals surface area contributed by atoms with E-state index in [1.165, 1.54) is 5.56 Å². The predicted molar refractivity (Wildman–Crippen MR) is 44.8 cm³/mol. The highest BCUT2D eigenvalue weighted by Gasteiger charge is 1.96. The summed E-state index contributed by atoms with van der Waals surface area (Å²) in [6.45, 7) is 4.26. The molecule has 58 valence electrons. The lowest BCUT2D eigenvalue weighted by Gasteiger charge is -2.00. The van der Waals surface area contributed by atoms with Gasteiger partial charge in [-0.2, -0.15) is 0 Å². The van der Waals surface area contributed by atoms with Crippen molar-refractivity contribution >= 4 is 0 Å². The van der Waals surface area contributed by atoms with Crippen LogP contribution in [0.2, 0.25) is 0 Å². The van der Waals surface area contributed by atoms with Crippen LogP contribution in [0.1, 0.15) is 25.3 Å². The van der Waals surface area contributed by atoms with E-state index in [1.807, 2.05) is 12.1 Å². The number of rotatable bonds is 2. The molecule has 1 aromatic carbocycles. The summed E-state index contributed by atoms with van der Waals surface area (Å²) in [6, 6.07) is 9.88. The van der Waals surface area contributed by atoms with Crippen LogP contribution < -0.4 is 4.74 Å². The van der Waals surface area contributed by atoms with Crippen LogP contribution in [-0.4, -0.2) is 7.11 Å². The maximum absolute atomic E-state index is 4.96. The molecule has 0 bridgehead atoms. The van der Waals surface area contributed by atoms with Crippen LogP contribution >= 0.6 is 0 Å². The van der Waals surface area contributed by atoms with Gasteiger partial charge in [-0.1, -0.05) is 19.9 Å². The van der Waals surface area contributed by atoms with E-state index < -0.39 is 0 Å². The molecule has 1 heteroatoms. The molecule has 0 spiro atoms. The highest BCUT2D eigenvalue weighted by molar-refractivity contribution is 5.21. The van der Waals surface area contributed by atoms with Crippen molar-refractivity contribution in [2.45, 2.75) is 19.8 Å². The molecule has 11 heavy (non-hydrogen) atoms. The Kier molecular flexibility index (Phi) is 2.38. The highest BCUT2D eigenvalue weighted by Crippen LogP contribution is 2.13. The molecule has 0 aliphatic heterocycles. The van der Waals surface area contributed by atoms with Crippen molar-refractivity contribution in [3.05, 3.63) is 29.8 Å². The third kappa shape index (κ3) is 1.88. The molecule has 0 heterocycles. The molecule has 0 unspecified atom stereocenters. The van der Waals surface area contributed by atoms with Crippen LogP contribution in [-0.2, 0) is 0 Å². The van der Waals surface area contributed by atoms with E-state index in [2.05, 4.69) is 26.0 Å². The number of hydrogen-bond acceptors (Lipinski definition) is 1. The lowest BCUT2D eigenvalue weighted by atomic mass is 10.1. The van der Waals surface area contributed by atoms with E-state index in [-0.39, 0.29) is 0 Å². The summed E-state index contributed by atoms with van der Waals surface area (Å²) in [4.78, 5) is 0. The predicted octanol–water partition coefficient (Wildman–Crippen LogP) is 2.42. The maximum atomic E-state index is 4.96. The summed E-state index contributed by atoms with van der Waals surface area (Å²) in [7, 11) is 1.63. The smallest absolute Gasteiger partial charge is 0.169 e. The topological polar surface area (TPSA) is 9.23 Å². The maximum Gasteiger partial charge on any atom is 0.169 e. The van der Waals surface area contributed by atoms with E-state index >= 15 is 0 Å². The van der Waals surface area contributed by atoms with Crippen molar-refractivity contribution < 1.29 is 4.74 Å². The normalized spacial score (nSPS) is 9.45. The third-order valence-electron chi connectivity index (χ3n) is 1.59. The number of hydrogen-bond donors (Lipinski definition) is 0. The van der Waals surface area contributed by atoms with Crippen molar-refractivity contribution in [2.24, 2.45) is 0 Å². The SMILES string of the molecule is COc1c#cc(C(C)C)cc1. The average Bonchev–Trinajstić information content (AvgIpc) is 2.05. The Morgan fingerprint density at radius 1 is 1.27 bits per heavy atom. The van der Waals surface area contributed by atoms with Gasteiger partial charge in [0.15, 0.2) is 5.75 Å². The van der Waals surface area contributed by atoms with Crippen molar-refractivity contribution in [2.75, 3.05) is 7.11 Å². The Hall–Kier alpha value is -1.16. The molecule has 0 saturated carbocycles. The molecule has 0 aromatic heterocycles. The molecule has 1 aromatic rings. The van der Waals surface area contributed by atoms with Crippen LogP contribution in [0.4, 0.5) is 0 Å². The molecule has 0 N–H and O–H groups in total. The van der Waals surface area contributed by atoms with Crippen molar-refractivity contribution in [3.63, 3.8) is 0 Å². The summed E-state index contributed by atoms with van der Waals surface area (Å²) in [5.74, 6) is 1.26. The van der Waals surface area contributed by atoms with Gasteiger partial charge in [-0.05, 0) is 24.1 Å². The van der Waals surface area contributed by atoms with Crippen LogP contribution in [0.25, 0.3) is 0 Å². The summed E-state index contributed by atoms with van der Waals surface area (Å²) in [5, 5.41) is 0. The van der Waals surface area contributed by atoms with Crippen molar-refractivity contribution in [1.82, 2.24) is 0 Å². The minimum atomic E-state index is 0.511. The number of methoxy groups -OCH3 is 1. The Morgan fingerprint density at radius 3 is 2.36 bits per heavy atom. The van der Waals surface area contributed by atoms with Gasteiger partial charge in [0, 0.05) is 5.56 Å². The molecular formula is C10H12O. The lowest BCUT2D eigenvalue weighted by Crippen LogP contribution is -1.85. The molecule has 0 atom stereocenters. The van der Waals surface area contributed by atoms with E-state index in [0.29, 0.717) is 5.92 Å². The molecule has 0 amide bonds. The van der Waals surface area contributed by atoms with Gasteiger partial charge in [-0.25, -0.2) is 0 Å². The molecule has 0 fully saturated rings. The minimum Gasteiger partial charge on any atom is -0.489 e. The average molecular weight is 148 g/mol. The van der Waals surface area contributed by atoms with E-state index in [9.17, 15) is 0 Å². The van der Waals surface area contributed by atoms with Gasteiger partial charge in [-0.15, -0.1) is 0 Å². The second-order valence-corrected chi connectivity index (χ2v) is 2.76. The van der Waals surface area contributed by atoms with Crippen LogP contribution in [0, 0.1) is 12.1 Å². The second kappa shape index (κ2) is 3.30. The highest BCUT2D eigenvalue weighted by atomic mass is 16.5. The Labute approximate surface area is 68.0 Å². The van der Waals surface area contributed by atoms with Crippen LogP contribution in [0.3, 0.4) is 0 Å².